The number of thioether (sulfide) groups is 1. The molecule has 0 fully saturated rings. The zero-order valence-electron chi connectivity index (χ0n) is 11.0. The van der Waals surface area contributed by atoms with Crippen LogP contribution in [0.4, 0.5) is 13.2 Å². The molecule has 0 amide bonds. The minimum atomic E-state index is -4.63. The van der Waals surface area contributed by atoms with E-state index in [2.05, 4.69) is 14.7 Å². The molecule has 1 heterocycles. The first-order valence-corrected chi connectivity index (χ1v) is 7.02. The molecule has 0 aliphatic carbocycles. The van der Waals surface area contributed by atoms with E-state index in [1.807, 2.05) is 0 Å². The summed E-state index contributed by atoms with van der Waals surface area (Å²) >= 11 is 0.669. The zero-order valence-corrected chi connectivity index (χ0v) is 11.8. The van der Waals surface area contributed by atoms with Gasteiger partial charge in [-0.1, -0.05) is 23.9 Å². The minimum Gasteiger partial charge on any atom is -0.465 e. The summed E-state index contributed by atoms with van der Waals surface area (Å²) in [6.07, 6.45) is -4.63. The quantitative estimate of drug-likeness (QED) is 0.640. The lowest BCUT2D eigenvalue weighted by atomic mass is 10.3. The van der Waals surface area contributed by atoms with Crippen molar-refractivity contribution in [2.75, 3.05) is 12.4 Å². The van der Waals surface area contributed by atoms with Gasteiger partial charge in [-0.3, -0.25) is 4.79 Å². The van der Waals surface area contributed by atoms with Crippen LogP contribution in [0.2, 0.25) is 0 Å². The molecule has 0 N–H and O–H groups in total. The van der Waals surface area contributed by atoms with Gasteiger partial charge in [0.25, 0.3) is 0 Å². The number of halogens is 3. The van der Waals surface area contributed by atoms with Gasteiger partial charge >= 0.3 is 12.1 Å². The zero-order chi connectivity index (χ0) is 15.5. The van der Waals surface area contributed by atoms with Crippen LogP contribution in [-0.2, 0) is 15.7 Å². The first-order valence-electron chi connectivity index (χ1n) is 6.04. The average molecular weight is 316 g/mol. The van der Waals surface area contributed by atoms with Crippen LogP contribution in [0.3, 0.4) is 0 Å². The number of para-hydroxylation sites is 2. The number of hydrogen-bond donors (Lipinski definition) is 0. The number of fused-ring (bicyclic) bond motifs is 1. The first-order chi connectivity index (χ1) is 9.91. The van der Waals surface area contributed by atoms with Gasteiger partial charge in [-0.2, -0.15) is 13.2 Å². The normalized spacial score (nSPS) is 11.6. The Balaban J connectivity index is 2.37. The first kappa shape index (κ1) is 15.6. The number of nitrogens with zero attached hydrogens (tertiary/aromatic N) is 2. The monoisotopic (exact) mass is 316 g/mol. The van der Waals surface area contributed by atoms with Crippen LogP contribution in [0.5, 0.6) is 0 Å². The second kappa shape index (κ2) is 6.30. The van der Waals surface area contributed by atoms with E-state index in [4.69, 9.17) is 0 Å². The molecule has 0 saturated carbocycles. The third-order valence-corrected chi connectivity index (χ3v) is 3.38. The summed E-state index contributed by atoms with van der Waals surface area (Å²) < 4.78 is 43.7. The maximum Gasteiger partial charge on any atom is 0.436 e. The topological polar surface area (TPSA) is 52.1 Å². The van der Waals surface area contributed by atoms with Crippen LogP contribution < -0.4 is 0 Å². The molecule has 0 unspecified atom stereocenters. The molecule has 4 nitrogen and oxygen atoms in total. The molecule has 0 bridgehead atoms. The van der Waals surface area contributed by atoms with Crippen molar-refractivity contribution in [3.8, 4) is 0 Å². The van der Waals surface area contributed by atoms with Gasteiger partial charge in [0.05, 0.1) is 23.4 Å². The summed E-state index contributed by atoms with van der Waals surface area (Å²) in [5.41, 5.74) is -0.585. The molecule has 2 aromatic rings. The van der Waals surface area contributed by atoms with Crippen LogP contribution in [0.25, 0.3) is 11.0 Å². The molecule has 2 rings (SSSR count). The van der Waals surface area contributed by atoms with Crippen molar-refractivity contribution in [1.29, 1.82) is 0 Å². The molecule has 21 heavy (non-hydrogen) atoms. The van der Waals surface area contributed by atoms with E-state index in [1.54, 1.807) is 25.1 Å². The fourth-order valence-corrected chi connectivity index (χ4v) is 2.40. The van der Waals surface area contributed by atoms with Crippen molar-refractivity contribution in [3.63, 3.8) is 0 Å². The molecule has 0 atom stereocenters. The van der Waals surface area contributed by atoms with Crippen molar-refractivity contribution in [2.45, 2.75) is 18.1 Å². The van der Waals surface area contributed by atoms with E-state index in [1.165, 1.54) is 6.07 Å². The molecule has 0 radical (unpaired) electrons. The number of esters is 1. The number of benzene rings is 1. The second-order valence-corrected chi connectivity index (χ2v) is 4.92. The number of hydrogen-bond acceptors (Lipinski definition) is 5. The average Bonchev–Trinajstić information content (AvgIpc) is 2.43. The van der Waals surface area contributed by atoms with Gasteiger partial charge in [0.1, 0.15) is 5.03 Å². The van der Waals surface area contributed by atoms with Crippen molar-refractivity contribution in [3.05, 3.63) is 30.0 Å². The Morgan fingerprint density at radius 2 is 1.86 bits per heavy atom. The Bertz CT molecular complexity index is 661. The Kier molecular flexibility index (Phi) is 4.66. The van der Waals surface area contributed by atoms with Gasteiger partial charge in [-0.05, 0) is 19.1 Å². The highest BCUT2D eigenvalue weighted by atomic mass is 32.2. The van der Waals surface area contributed by atoms with Crippen LogP contribution >= 0.6 is 11.8 Å². The summed E-state index contributed by atoms with van der Waals surface area (Å²) in [5, 5.41) is -0.325. The standard InChI is InChI=1S/C13H11F3N2O2S/c1-2-20-10(19)7-21-12-11(13(14,15)16)17-8-5-3-4-6-9(8)18-12/h3-6H,2,7H2,1H3. The molecule has 0 aliphatic heterocycles. The minimum absolute atomic E-state index is 0.158. The van der Waals surface area contributed by atoms with E-state index in [0.29, 0.717) is 17.3 Å². The lowest BCUT2D eigenvalue weighted by Crippen LogP contribution is -2.13. The van der Waals surface area contributed by atoms with Crippen LogP contribution in [-0.4, -0.2) is 28.3 Å². The number of alkyl halides is 3. The highest BCUT2D eigenvalue weighted by molar-refractivity contribution is 7.99. The fourth-order valence-electron chi connectivity index (χ4n) is 1.60. The number of carbonyl (C=O) groups excluding carboxylic acids is 1. The summed E-state index contributed by atoms with van der Waals surface area (Å²) in [5.74, 6) is -0.838. The predicted octanol–water partition coefficient (Wildman–Crippen LogP) is 3.30. The third kappa shape index (κ3) is 3.84. The van der Waals surface area contributed by atoms with Crippen LogP contribution in [0.15, 0.2) is 29.3 Å². The van der Waals surface area contributed by atoms with Gasteiger partial charge in [-0.25, -0.2) is 9.97 Å². The molecule has 1 aromatic heterocycles. The van der Waals surface area contributed by atoms with E-state index in [-0.39, 0.29) is 22.9 Å². The lowest BCUT2D eigenvalue weighted by Gasteiger charge is -2.11. The smallest absolute Gasteiger partial charge is 0.436 e. The van der Waals surface area contributed by atoms with Crippen molar-refractivity contribution >= 4 is 28.8 Å². The van der Waals surface area contributed by atoms with Crippen molar-refractivity contribution in [2.24, 2.45) is 0 Å². The predicted molar refractivity (Wildman–Crippen MR) is 71.9 cm³/mol. The van der Waals surface area contributed by atoms with Gasteiger partial charge in [0.15, 0.2) is 5.69 Å². The highest BCUT2D eigenvalue weighted by Gasteiger charge is 2.37. The van der Waals surface area contributed by atoms with Gasteiger partial charge in [0, 0.05) is 0 Å². The Labute approximate surface area is 122 Å². The molecule has 112 valence electrons. The molecule has 0 saturated heterocycles. The number of rotatable bonds is 4. The van der Waals surface area contributed by atoms with Gasteiger partial charge < -0.3 is 4.74 Å². The highest BCUT2D eigenvalue weighted by Crippen LogP contribution is 2.35. The van der Waals surface area contributed by atoms with E-state index in [9.17, 15) is 18.0 Å². The van der Waals surface area contributed by atoms with Gasteiger partial charge in [-0.15, -0.1) is 0 Å². The van der Waals surface area contributed by atoms with Crippen molar-refractivity contribution < 1.29 is 22.7 Å². The number of carbonyl (C=O) groups is 1. The van der Waals surface area contributed by atoms with Crippen LogP contribution in [0, 0.1) is 0 Å². The van der Waals surface area contributed by atoms with Crippen LogP contribution in [0.1, 0.15) is 12.6 Å². The lowest BCUT2D eigenvalue weighted by molar-refractivity contribution is -0.144. The maximum atomic E-state index is 13.0. The molecule has 1 aromatic carbocycles. The molecule has 0 spiro atoms. The Hall–Kier alpha value is -1.83. The summed E-state index contributed by atoms with van der Waals surface area (Å²) in [7, 11) is 0. The van der Waals surface area contributed by atoms with E-state index < -0.39 is 17.8 Å². The van der Waals surface area contributed by atoms with Crippen molar-refractivity contribution in [1.82, 2.24) is 9.97 Å². The molecule has 8 heteroatoms. The van der Waals surface area contributed by atoms with E-state index >= 15 is 0 Å². The Morgan fingerprint density at radius 1 is 1.24 bits per heavy atom. The van der Waals surface area contributed by atoms with Gasteiger partial charge in [0.2, 0.25) is 0 Å². The Morgan fingerprint density at radius 3 is 2.43 bits per heavy atom. The maximum absolute atomic E-state index is 13.0. The SMILES string of the molecule is CCOC(=O)CSc1nc2ccccc2nc1C(F)(F)F. The summed E-state index contributed by atoms with van der Waals surface area (Å²) in [6, 6.07) is 6.26. The number of ether oxygens (including phenoxy) is 1. The largest absolute Gasteiger partial charge is 0.465 e. The summed E-state index contributed by atoms with van der Waals surface area (Å²) in [6.45, 7) is 1.80. The van der Waals surface area contributed by atoms with E-state index in [0.717, 1.165) is 0 Å². The number of aromatic nitrogens is 2. The summed E-state index contributed by atoms with van der Waals surface area (Å²) in [4.78, 5) is 18.8. The third-order valence-electron chi connectivity index (χ3n) is 2.44. The second-order valence-electron chi connectivity index (χ2n) is 3.96. The molecular formula is C13H11F3N2O2S. The molecular weight excluding hydrogens is 305 g/mol. The fraction of sp³-hybridized carbons (Fsp3) is 0.308. The molecule has 0 aliphatic rings.